The Kier molecular flexibility index (Phi) is 4.09. The van der Waals surface area contributed by atoms with Crippen molar-refractivity contribution in [2.75, 3.05) is 11.6 Å². The minimum absolute atomic E-state index is 0.168. The number of rotatable bonds is 3. The highest BCUT2D eigenvalue weighted by Crippen LogP contribution is 2.36. The van der Waals surface area contributed by atoms with Gasteiger partial charge in [0, 0.05) is 11.9 Å². The monoisotopic (exact) mass is 317 g/mol. The van der Waals surface area contributed by atoms with Crippen molar-refractivity contribution in [1.82, 2.24) is 0 Å². The second-order valence-corrected chi connectivity index (χ2v) is 5.84. The molecular weight excluding hydrogens is 309 g/mol. The summed E-state index contributed by atoms with van der Waals surface area (Å²) >= 11 is 0. The summed E-state index contributed by atoms with van der Waals surface area (Å²) in [6.45, 7) is 0. The van der Waals surface area contributed by atoms with E-state index in [1.54, 1.807) is 0 Å². The summed E-state index contributed by atoms with van der Waals surface area (Å²) in [6, 6.07) is 3.74. The van der Waals surface area contributed by atoms with Crippen LogP contribution in [-0.2, 0) is 14.6 Å². The standard InChI is InChI=1S/C10H8F5NO3S/c1-20(18,19)7-4-2-6(3-5-7)16-8(17)9(11,12)10(13,14)15/h2-5H,1H3,(H,16,17). The third kappa shape index (κ3) is 3.44. The summed E-state index contributed by atoms with van der Waals surface area (Å²) in [4.78, 5) is 10.7. The summed E-state index contributed by atoms with van der Waals surface area (Å²) < 4.78 is 83.2. The highest BCUT2D eigenvalue weighted by molar-refractivity contribution is 7.90. The van der Waals surface area contributed by atoms with Crippen molar-refractivity contribution in [1.29, 1.82) is 0 Å². The molecule has 0 fully saturated rings. The predicted molar refractivity (Wildman–Crippen MR) is 59.2 cm³/mol. The molecule has 0 aliphatic heterocycles. The van der Waals surface area contributed by atoms with E-state index in [-0.39, 0.29) is 10.6 Å². The van der Waals surface area contributed by atoms with Crippen molar-refractivity contribution >= 4 is 21.4 Å². The molecule has 112 valence electrons. The van der Waals surface area contributed by atoms with Crippen LogP contribution in [0.2, 0.25) is 0 Å². The van der Waals surface area contributed by atoms with Gasteiger partial charge in [0.25, 0.3) is 0 Å². The summed E-state index contributed by atoms with van der Waals surface area (Å²) in [5.41, 5.74) is -0.383. The molecule has 0 bridgehead atoms. The molecule has 20 heavy (non-hydrogen) atoms. The van der Waals surface area contributed by atoms with E-state index in [9.17, 15) is 35.2 Å². The van der Waals surface area contributed by atoms with E-state index < -0.39 is 27.8 Å². The summed E-state index contributed by atoms with van der Waals surface area (Å²) in [5.74, 6) is -8.08. The van der Waals surface area contributed by atoms with Crippen LogP contribution < -0.4 is 5.32 Å². The Balaban J connectivity index is 2.93. The molecule has 4 nitrogen and oxygen atoms in total. The van der Waals surface area contributed by atoms with Gasteiger partial charge in [-0.1, -0.05) is 0 Å². The molecule has 0 aliphatic rings. The fourth-order valence-electron chi connectivity index (χ4n) is 1.12. The second kappa shape index (κ2) is 5.00. The molecule has 0 radical (unpaired) electrons. The number of benzene rings is 1. The first-order chi connectivity index (χ1) is 8.85. The molecule has 0 atom stereocenters. The Morgan fingerprint density at radius 3 is 1.85 bits per heavy atom. The predicted octanol–water partition coefficient (Wildman–Crippen LogP) is 2.23. The highest BCUT2D eigenvalue weighted by atomic mass is 32.2. The average molecular weight is 317 g/mol. The summed E-state index contributed by atoms with van der Waals surface area (Å²) in [6.07, 6.45) is -5.12. The molecule has 0 saturated heterocycles. The topological polar surface area (TPSA) is 63.2 Å². The molecule has 0 aromatic heterocycles. The molecule has 0 spiro atoms. The number of carbonyl (C=O) groups is 1. The number of carbonyl (C=O) groups excluding carboxylic acids is 1. The Labute approximate surface area is 110 Å². The lowest BCUT2D eigenvalue weighted by Gasteiger charge is -2.18. The normalized spacial score (nSPS) is 13.1. The van der Waals surface area contributed by atoms with Crippen molar-refractivity contribution in [3.05, 3.63) is 24.3 Å². The summed E-state index contributed by atoms with van der Waals surface area (Å²) in [5, 5.41) is 1.36. The van der Waals surface area contributed by atoms with Crippen molar-refractivity contribution < 1.29 is 35.2 Å². The average Bonchev–Trinajstić information content (AvgIpc) is 2.26. The van der Waals surface area contributed by atoms with Gasteiger partial charge in [-0.3, -0.25) is 4.79 Å². The molecule has 0 saturated carbocycles. The smallest absolute Gasteiger partial charge is 0.321 e. The second-order valence-electron chi connectivity index (χ2n) is 3.82. The number of halogens is 5. The van der Waals surface area contributed by atoms with Crippen LogP contribution in [0.1, 0.15) is 0 Å². The van der Waals surface area contributed by atoms with E-state index in [0.717, 1.165) is 30.5 Å². The van der Waals surface area contributed by atoms with Gasteiger partial charge in [0.2, 0.25) is 0 Å². The van der Waals surface area contributed by atoms with Crippen LogP contribution in [0.3, 0.4) is 0 Å². The fraction of sp³-hybridized carbons (Fsp3) is 0.300. The van der Waals surface area contributed by atoms with Gasteiger partial charge in [0.05, 0.1) is 4.90 Å². The van der Waals surface area contributed by atoms with Gasteiger partial charge in [-0.25, -0.2) is 8.42 Å². The molecule has 0 aliphatic carbocycles. The lowest BCUT2D eigenvalue weighted by molar-refractivity contribution is -0.267. The van der Waals surface area contributed by atoms with E-state index in [2.05, 4.69) is 0 Å². The lowest BCUT2D eigenvalue weighted by atomic mass is 10.2. The van der Waals surface area contributed by atoms with Crippen LogP contribution >= 0.6 is 0 Å². The number of hydrogen-bond acceptors (Lipinski definition) is 3. The molecule has 10 heteroatoms. The van der Waals surface area contributed by atoms with Gasteiger partial charge in [0.1, 0.15) is 0 Å². The highest BCUT2D eigenvalue weighted by Gasteiger charge is 2.63. The number of alkyl halides is 5. The number of nitrogens with one attached hydrogen (secondary N) is 1. The maximum Gasteiger partial charge on any atom is 0.463 e. The van der Waals surface area contributed by atoms with E-state index in [1.807, 2.05) is 0 Å². The van der Waals surface area contributed by atoms with E-state index in [4.69, 9.17) is 0 Å². The third-order valence-corrected chi connectivity index (χ3v) is 3.31. The zero-order valence-corrected chi connectivity index (χ0v) is 10.6. The van der Waals surface area contributed by atoms with Crippen LogP contribution in [-0.4, -0.2) is 32.7 Å². The van der Waals surface area contributed by atoms with Gasteiger partial charge in [0.15, 0.2) is 9.84 Å². The largest absolute Gasteiger partial charge is 0.463 e. The maximum atomic E-state index is 12.6. The van der Waals surface area contributed by atoms with Crippen molar-refractivity contribution in [2.24, 2.45) is 0 Å². The number of amides is 1. The molecule has 1 aromatic rings. The first-order valence-electron chi connectivity index (χ1n) is 4.92. The first-order valence-corrected chi connectivity index (χ1v) is 6.81. The van der Waals surface area contributed by atoms with Gasteiger partial charge in [-0.05, 0) is 24.3 Å². The van der Waals surface area contributed by atoms with E-state index >= 15 is 0 Å². The maximum absolute atomic E-state index is 12.6. The molecule has 1 N–H and O–H groups in total. The molecule has 0 unspecified atom stereocenters. The number of anilines is 1. The van der Waals surface area contributed by atoms with Gasteiger partial charge in [-0.15, -0.1) is 0 Å². The lowest BCUT2D eigenvalue weighted by Crippen LogP contribution is -2.47. The zero-order chi connectivity index (χ0) is 15.8. The fourth-order valence-corrected chi connectivity index (χ4v) is 1.75. The minimum Gasteiger partial charge on any atom is -0.321 e. The Morgan fingerprint density at radius 2 is 1.50 bits per heavy atom. The van der Waals surface area contributed by atoms with Gasteiger partial charge < -0.3 is 5.32 Å². The quantitative estimate of drug-likeness (QED) is 0.870. The van der Waals surface area contributed by atoms with E-state index in [1.165, 1.54) is 5.32 Å². The van der Waals surface area contributed by atoms with Crippen molar-refractivity contribution in [3.63, 3.8) is 0 Å². The van der Waals surface area contributed by atoms with Crippen LogP contribution in [0, 0.1) is 0 Å². The van der Waals surface area contributed by atoms with Gasteiger partial charge in [-0.2, -0.15) is 22.0 Å². The Bertz CT molecular complexity index is 607. The molecule has 0 heterocycles. The summed E-state index contributed by atoms with van der Waals surface area (Å²) in [7, 11) is -3.54. The van der Waals surface area contributed by atoms with Gasteiger partial charge >= 0.3 is 18.0 Å². The van der Waals surface area contributed by atoms with Crippen LogP contribution in [0.4, 0.5) is 27.6 Å². The van der Waals surface area contributed by atoms with Crippen molar-refractivity contribution in [3.8, 4) is 0 Å². The molecule has 1 rings (SSSR count). The van der Waals surface area contributed by atoms with Crippen LogP contribution in [0.5, 0.6) is 0 Å². The Morgan fingerprint density at radius 1 is 1.05 bits per heavy atom. The van der Waals surface area contributed by atoms with Crippen molar-refractivity contribution in [2.45, 2.75) is 17.0 Å². The first kappa shape index (κ1) is 16.3. The number of sulfone groups is 1. The third-order valence-electron chi connectivity index (χ3n) is 2.18. The Hall–Kier alpha value is -1.71. The van der Waals surface area contributed by atoms with E-state index in [0.29, 0.717) is 0 Å². The molecule has 1 aromatic carbocycles. The SMILES string of the molecule is CS(=O)(=O)c1ccc(NC(=O)C(F)(F)C(F)(F)F)cc1. The minimum atomic E-state index is -6.01. The molecular formula is C10H8F5NO3S. The molecule has 1 amide bonds. The number of hydrogen-bond donors (Lipinski definition) is 1. The zero-order valence-electron chi connectivity index (χ0n) is 9.83. The van der Waals surface area contributed by atoms with Crippen LogP contribution in [0.25, 0.3) is 0 Å². The van der Waals surface area contributed by atoms with Crippen LogP contribution in [0.15, 0.2) is 29.2 Å².